The molecule has 1 saturated heterocycles. The third-order valence-corrected chi connectivity index (χ3v) is 5.71. The number of carbonyl (C=O) groups excluding carboxylic acids is 1. The van der Waals surface area contributed by atoms with Crippen LogP contribution >= 0.6 is 0 Å². The van der Waals surface area contributed by atoms with Gasteiger partial charge in [-0.1, -0.05) is 45.0 Å². The second kappa shape index (κ2) is 6.58. The Labute approximate surface area is 173 Å². The highest BCUT2D eigenvalue weighted by Gasteiger charge is 2.36. The van der Waals surface area contributed by atoms with Crippen LogP contribution in [0.3, 0.4) is 0 Å². The van der Waals surface area contributed by atoms with Crippen LogP contribution in [0.1, 0.15) is 32.6 Å². The lowest BCUT2D eigenvalue weighted by atomic mass is 9.94. The van der Waals surface area contributed by atoms with Gasteiger partial charge in [0.15, 0.2) is 5.58 Å². The fourth-order valence-corrected chi connectivity index (χ4v) is 4.16. The Morgan fingerprint density at radius 1 is 1.07 bits per heavy atom. The number of oxazole rings is 1. The number of rotatable bonds is 3. The molecular formula is C23H24N4O3. The van der Waals surface area contributed by atoms with Crippen LogP contribution in [-0.4, -0.2) is 38.0 Å². The van der Waals surface area contributed by atoms with Crippen molar-refractivity contribution in [1.82, 2.24) is 19.0 Å². The van der Waals surface area contributed by atoms with Crippen molar-refractivity contribution in [3.8, 4) is 0 Å². The number of likely N-dealkylation sites (tertiary alicyclic amines) is 1. The summed E-state index contributed by atoms with van der Waals surface area (Å²) in [6.45, 7) is 7.66. The molecule has 0 bridgehead atoms. The second-order valence-corrected chi connectivity index (χ2v) is 8.92. The van der Waals surface area contributed by atoms with Crippen LogP contribution in [0.25, 0.3) is 22.1 Å². The van der Waals surface area contributed by atoms with Gasteiger partial charge in [-0.15, -0.1) is 0 Å². The van der Waals surface area contributed by atoms with Crippen LogP contribution in [0.2, 0.25) is 0 Å². The van der Waals surface area contributed by atoms with E-state index >= 15 is 0 Å². The maximum Gasteiger partial charge on any atom is 0.420 e. The molecule has 1 aliphatic heterocycles. The first-order valence-corrected chi connectivity index (χ1v) is 10.2. The number of aromatic nitrogens is 3. The van der Waals surface area contributed by atoms with Gasteiger partial charge in [-0.3, -0.25) is 9.36 Å². The van der Waals surface area contributed by atoms with E-state index < -0.39 is 5.76 Å². The molecule has 0 N–H and O–H groups in total. The average Bonchev–Trinajstić information content (AvgIpc) is 3.19. The highest BCUT2D eigenvalue weighted by atomic mass is 16.4. The van der Waals surface area contributed by atoms with E-state index in [1.807, 2.05) is 24.3 Å². The molecule has 7 heteroatoms. The molecule has 1 amide bonds. The van der Waals surface area contributed by atoms with Crippen LogP contribution in [-0.2, 0) is 16.8 Å². The molecular weight excluding hydrogens is 380 g/mol. The van der Waals surface area contributed by atoms with E-state index in [-0.39, 0.29) is 23.9 Å². The van der Waals surface area contributed by atoms with Gasteiger partial charge in [0.2, 0.25) is 5.91 Å². The number of hydrogen-bond acceptors (Lipinski definition) is 4. The summed E-state index contributed by atoms with van der Waals surface area (Å²) in [5, 5.41) is 0. The van der Waals surface area contributed by atoms with Crippen molar-refractivity contribution in [3.63, 3.8) is 0 Å². The molecule has 7 nitrogen and oxygen atoms in total. The highest BCUT2D eigenvalue weighted by Crippen LogP contribution is 2.33. The Morgan fingerprint density at radius 3 is 2.47 bits per heavy atom. The summed E-state index contributed by atoms with van der Waals surface area (Å²) in [5.41, 5.74) is 3.10. The third-order valence-electron chi connectivity index (χ3n) is 5.71. The largest absolute Gasteiger partial charge is 0.420 e. The summed E-state index contributed by atoms with van der Waals surface area (Å²) < 4.78 is 8.91. The Morgan fingerprint density at radius 2 is 1.73 bits per heavy atom. The number of nitrogens with zero attached hydrogens (tertiary/aromatic N) is 4. The van der Waals surface area contributed by atoms with Crippen LogP contribution in [0.15, 0.2) is 57.7 Å². The first-order valence-electron chi connectivity index (χ1n) is 10.2. The molecule has 0 spiro atoms. The normalized spacial score (nSPS) is 15.1. The first kappa shape index (κ1) is 18.7. The topological polar surface area (TPSA) is 73.3 Å². The zero-order chi connectivity index (χ0) is 21.0. The van der Waals surface area contributed by atoms with Gasteiger partial charge in [-0.2, -0.15) is 0 Å². The smallest absolute Gasteiger partial charge is 0.408 e. The predicted octanol–water partition coefficient (Wildman–Crippen LogP) is 3.33. The minimum Gasteiger partial charge on any atom is -0.408 e. The minimum atomic E-state index is -0.503. The molecule has 5 rings (SSSR count). The molecule has 0 aliphatic carbocycles. The van der Waals surface area contributed by atoms with Crippen molar-refractivity contribution in [1.29, 1.82) is 0 Å². The predicted molar refractivity (Wildman–Crippen MR) is 115 cm³/mol. The number of fused-ring (bicyclic) bond motifs is 2. The Kier molecular flexibility index (Phi) is 4.10. The molecule has 2 aromatic carbocycles. The number of amides is 1. The summed E-state index contributed by atoms with van der Waals surface area (Å²) in [4.78, 5) is 31.7. The van der Waals surface area contributed by atoms with Crippen molar-refractivity contribution in [3.05, 3.63) is 64.9 Å². The first-order chi connectivity index (χ1) is 14.3. The molecule has 0 atom stereocenters. The van der Waals surface area contributed by atoms with Gasteiger partial charge in [-0.25, -0.2) is 9.78 Å². The van der Waals surface area contributed by atoms with Crippen LogP contribution in [0, 0.1) is 0 Å². The number of para-hydroxylation sites is 4. The van der Waals surface area contributed by atoms with E-state index in [1.165, 1.54) is 4.57 Å². The lowest BCUT2D eigenvalue weighted by molar-refractivity contribution is -0.137. The van der Waals surface area contributed by atoms with Crippen LogP contribution in [0.4, 0.5) is 0 Å². The zero-order valence-electron chi connectivity index (χ0n) is 17.3. The highest BCUT2D eigenvalue weighted by molar-refractivity contribution is 5.81. The summed E-state index contributed by atoms with van der Waals surface area (Å²) in [7, 11) is 0. The summed E-state index contributed by atoms with van der Waals surface area (Å²) in [6, 6.07) is 15.5. The van der Waals surface area contributed by atoms with Gasteiger partial charge in [-0.05, 0) is 24.3 Å². The molecule has 0 unspecified atom stereocenters. The summed E-state index contributed by atoms with van der Waals surface area (Å²) >= 11 is 0. The Bertz CT molecular complexity index is 1320. The van der Waals surface area contributed by atoms with Gasteiger partial charge >= 0.3 is 5.76 Å². The minimum absolute atomic E-state index is 0.0145. The maximum absolute atomic E-state index is 12.8. The van der Waals surface area contributed by atoms with Crippen molar-refractivity contribution < 1.29 is 9.21 Å². The molecule has 1 fully saturated rings. The van der Waals surface area contributed by atoms with Gasteiger partial charge in [0.1, 0.15) is 12.4 Å². The lowest BCUT2D eigenvalue weighted by Gasteiger charge is -2.41. The summed E-state index contributed by atoms with van der Waals surface area (Å²) in [6.07, 6.45) is 0. The van der Waals surface area contributed by atoms with E-state index in [0.29, 0.717) is 24.2 Å². The molecule has 3 heterocycles. The maximum atomic E-state index is 12.8. The van der Waals surface area contributed by atoms with E-state index in [0.717, 1.165) is 16.9 Å². The lowest BCUT2D eigenvalue weighted by Crippen LogP contribution is -2.52. The van der Waals surface area contributed by atoms with E-state index in [4.69, 9.17) is 9.40 Å². The van der Waals surface area contributed by atoms with Crippen molar-refractivity contribution in [2.24, 2.45) is 0 Å². The van der Waals surface area contributed by atoms with Gasteiger partial charge in [0, 0.05) is 18.5 Å². The van der Waals surface area contributed by atoms with Gasteiger partial charge in [0.05, 0.1) is 22.6 Å². The van der Waals surface area contributed by atoms with Crippen molar-refractivity contribution in [2.45, 2.75) is 38.8 Å². The number of benzene rings is 2. The van der Waals surface area contributed by atoms with E-state index in [2.05, 4.69) is 31.4 Å². The van der Waals surface area contributed by atoms with Gasteiger partial charge in [0.25, 0.3) is 0 Å². The van der Waals surface area contributed by atoms with Crippen LogP contribution < -0.4 is 5.76 Å². The molecule has 0 saturated carbocycles. The standard InChI is InChI=1S/C23H24N4O3/c1-23(2,3)21-24-16-8-4-5-9-17(16)27(21)15-12-25(13-15)20(28)14-26-18-10-6-7-11-19(18)30-22(26)29/h4-11,15H,12-14H2,1-3H3. The zero-order valence-corrected chi connectivity index (χ0v) is 17.3. The second-order valence-electron chi connectivity index (χ2n) is 8.92. The number of carbonyl (C=O) groups is 1. The van der Waals surface area contributed by atoms with Crippen LogP contribution in [0.5, 0.6) is 0 Å². The Balaban J connectivity index is 1.38. The monoisotopic (exact) mass is 404 g/mol. The van der Waals surface area contributed by atoms with Crippen molar-refractivity contribution in [2.75, 3.05) is 13.1 Å². The molecule has 0 radical (unpaired) electrons. The Hall–Kier alpha value is -3.35. The van der Waals surface area contributed by atoms with E-state index in [9.17, 15) is 9.59 Å². The third kappa shape index (κ3) is 2.93. The molecule has 30 heavy (non-hydrogen) atoms. The molecule has 154 valence electrons. The van der Waals surface area contributed by atoms with Gasteiger partial charge < -0.3 is 13.9 Å². The molecule has 2 aromatic heterocycles. The fraction of sp³-hybridized carbons (Fsp3) is 0.348. The molecule has 4 aromatic rings. The van der Waals surface area contributed by atoms with E-state index in [1.54, 1.807) is 23.1 Å². The number of imidazole rings is 1. The number of hydrogen-bond donors (Lipinski definition) is 0. The average molecular weight is 404 g/mol. The van der Waals surface area contributed by atoms with Crippen molar-refractivity contribution >= 4 is 28.0 Å². The molecule has 1 aliphatic rings. The summed E-state index contributed by atoms with van der Waals surface area (Å²) in [5.74, 6) is 0.441. The quantitative estimate of drug-likeness (QED) is 0.525. The SMILES string of the molecule is CC(C)(C)c1nc2ccccc2n1C1CN(C(=O)Cn2c(=O)oc3ccccc32)C1. The fourth-order valence-electron chi connectivity index (χ4n) is 4.16.